The molecule has 0 radical (unpaired) electrons. The van der Waals surface area contributed by atoms with Crippen molar-refractivity contribution in [3.8, 4) is 11.6 Å². The van der Waals surface area contributed by atoms with Crippen molar-refractivity contribution in [2.75, 3.05) is 6.61 Å². The average molecular weight is 340 g/mol. The van der Waals surface area contributed by atoms with Crippen molar-refractivity contribution in [2.45, 2.75) is 13.5 Å². The molecule has 1 aromatic carbocycles. The van der Waals surface area contributed by atoms with E-state index in [0.29, 0.717) is 5.82 Å². The fourth-order valence-electron chi connectivity index (χ4n) is 2.32. The van der Waals surface area contributed by atoms with Crippen LogP contribution in [0.1, 0.15) is 22.8 Å². The second-order valence-corrected chi connectivity index (χ2v) is 5.21. The van der Waals surface area contributed by atoms with E-state index >= 15 is 0 Å². The van der Waals surface area contributed by atoms with Crippen molar-refractivity contribution >= 4 is 5.91 Å². The number of rotatable bonds is 6. The Morgan fingerprint density at radius 3 is 2.84 bits per heavy atom. The molecule has 1 amide bonds. The Morgan fingerprint density at radius 1 is 1.28 bits per heavy atom. The fraction of sp³-hybridized carbons (Fsp3) is 0.167. The second-order valence-electron chi connectivity index (χ2n) is 5.21. The van der Waals surface area contributed by atoms with E-state index in [-0.39, 0.29) is 24.5 Å². The van der Waals surface area contributed by atoms with Gasteiger partial charge in [-0.05, 0) is 36.8 Å². The minimum Gasteiger partial charge on any atom is -0.490 e. The number of carbonyl (C=O) groups excluding carboxylic acids is 1. The second kappa shape index (κ2) is 7.57. The highest BCUT2D eigenvalue weighted by Crippen LogP contribution is 2.22. The summed E-state index contributed by atoms with van der Waals surface area (Å²) in [6.07, 6.45) is 5.13. The average Bonchev–Trinajstić information content (AvgIpc) is 3.16. The van der Waals surface area contributed by atoms with Gasteiger partial charge in [-0.25, -0.2) is 14.1 Å². The molecule has 7 heteroatoms. The Labute approximate surface area is 144 Å². The lowest BCUT2D eigenvalue weighted by Crippen LogP contribution is -2.24. The molecule has 2 heterocycles. The van der Waals surface area contributed by atoms with Crippen LogP contribution < -0.4 is 10.1 Å². The number of nitrogens with one attached hydrogen (secondary N) is 1. The number of benzene rings is 1. The zero-order valence-corrected chi connectivity index (χ0v) is 13.6. The lowest BCUT2D eigenvalue weighted by molar-refractivity contribution is 0.0946. The summed E-state index contributed by atoms with van der Waals surface area (Å²) < 4.78 is 20.7. The lowest BCUT2D eigenvalue weighted by Gasteiger charge is -2.11. The molecule has 3 rings (SSSR count). The zero-order chi connectivity index (χ0) is 17.6. The van der Waals surface area contributed by atoms with Crippen LogP contribution in [0.25, 0.3) is 5.82 Å². The number of pyridine rings is 1. The van der Waals surface area contributed by atoms with E-state index < -0.39 is 11.7 Å². The van der Waals surface area contributed by atoms with E-state index in [4.69, 9.17) is 4.74 Å². The first-order valence-electron chi connectivity index (χ1n) is 7.83. The smallest absolute Gasteiger partial charge is 0.255 e. The number of ether oxygens (including phenoxy) is 1. The standard InChI is InChI=1S/C18H17FN4O2/c1-2-25-17-14(5-3-6-15(17)19)18(24)21-12-13-7-8-16(20-11-13)23-10-4-9-22-23/h3-11H,2,12H2,1H3,(H,21,24). The van der Waals surface area contributed by atoms with Gasteiger partial charge in [0.05, 0.1) is 12.2 Å². The Kier molecular flexibility index (Phi) is 5.03. The summed E-state index contributed by atoms with van der Waals surface area (Å²) in [5.41, 5.74) is 0.988. The molecule has 128 valence electrons. The van der Waals surface area contributed by atoms with E-state index in [0.717, 1.165) is 5.56 Å². The van der Waals surface area contributed by atoms with E-state index in [1.807, 2.05) is 18.2 Å². The predicted octanol–water partition coefficient (Wildman–Crippen LogP) is 2.74. The predicted molar refractivity (Wildman–Crippen MR) is 90.1 cm³/mol. The number of halogens is 1. The number of hydrogen-bond donors (Lipinski definition) is 1. The zero-order valence-electron chi connectivity index (χ0n) is 13.6. The maximum absolute atomic E-state index is 13.8. The summed E-state index contributed by atoms with van der Waals surface area (Å²) in [7, 11) is 0. The van der Waals surface area contributed by atoms with Crippen molar-refractivity contribution in [3.05, 3.63) is 71.9 Å². The molecule has 0 aliphatic carbocycles. The van der Waals surface area contributed by atoms with Crippen LogP contribution in [-0.4, -0.2) is 27.3 Å². The van der Waals surface area contributed by atoms with Crippen LogP contribution in [0.15, 0.2) is 55.0 Å². The summed E-state index contributed by atoms with van der Waals surface area (Å²) >= 11 is 0. The number of carbonyl (C=O) groups is 1. The van der Waals surface area contributed by atoms with E-state index in [1.165, 1.54) is 18.2 Å². The molecule has 0 aliphatic rings. The summed E-state index contributed by atoms with van der Waals surface area (Å²) in [5, 5.41) is 6.85. The van der Waals surface area contributed by atoms with E-state index in [9.17, 15) is 9.18 Å². The van der Waals surface area contributed by atoms with Crippen LogP contribution in [0.3, 0.4) is 0 Å². The Hall–Kier alpha value is -3.22. The number of hydrogen-bond acceptors (Lipinski definition) is 4. The fourth-order valence-corrected chi connectivity index (χ4v) is 2.32. The Morgan fingerprint density at radius 2 is 2.16 bits per heavy atom. The molecule has 0 fully saturated rings. The largest absolute Gasteiger partial charge is 0.490 e. The molecule has 0 aliphatic heterocycles. The molecule has 3 aromatic rings. The van der Waals surface area contributed by atoms with E-state index in [2.05, 4.69) is 15.4 Å². The van der Waals surface area contributed by atoms with Gasteiger partial charge < -0.3 is 10.1 Å². The molecule has 0 atom stereocenters. The first-order chi connectivity index (χ1) is 12.2. The molecule has 0 saturated heterocycles. The van der Waals surface area contributed by atoms with Gasteiger partial charge >= 0.3 is 0 Å². The molecule has 25 heavy (non-hydrogen) atoms. The summed E-state index contributed by atoms with van der Waals surface area (Å²) in [6.45, 7) is 2.29. The number of para-hydroxylation sites is 1. The van der Waals surface area contributed by atoms with Crippen LogP contribution in [0, 0.1) is 5.82 Å². The molecule has 0 unspecified atom stereocenters. The molecule has 0 bridgehead atoms. The minimum atomic E-state index is -0.556. The van der Waals surface area contributed by atoms with Crippen molar-refractivity contribution in [3.63, 3.8) is 0 Å². The summed E-state index contributed by atoms with van der Waals surface area (Å²) in [6, 6.07) is 9.74. The number of amides is 1. The van der Waals surface area contributed by atoms with E-state index in [1.54, 1.807) is 30.2 Å². The highest BCUT2D eigenvalue weighted by atomic mass is 19.1. The molecular weight excluding hydrogens is 323 g/mol. The van der Waals surface area contributed by atoms with Crippen LogP contribution in [0.2, 0.25) is 0 Å². The van der Waals surface area contributed by atoms with Crippen molar-refractivity contribution in [1.29, 1.82) is 0 Å². The minimum absolute atomic E-state index is 0.0327. The SMILES string of the molecule is CCOc1c(F)cccc1C(=O)NCc1ccc(-n2cccn2)nc1. The maximum atomic E-state index is 13.8. The third-order valence-electron chi connectivity index (χ3n) is 3.50. The summed E-state index contributed by atoms with van der Waals surface area (Å²) in [5.74, 6) is -0.308. The van der Waals surface area contributed by atoms with Gasteiger partial charge in [0, 0.05) is 25.1 Å². The number of nitrogens with zero attached hydrogens (tertiary/aromatic N) is 3. The number of aromatic nitrogens is 3. The van der Waals surface area contributed by atoms with Gasteiger partial charge in [0.15, 0.2) is 17.4 Å². The topological polar surface area (TPSA) is 69.0 Å². The normalized spacial score (nSPS) is 10.5. The van der Waals surface area contributed by atoms with Gasteiger partial charge in [-0.1, -0.05) is 12.1 Å². The third kappa shape index (κ3) is 3.82. The summed E-state index contributed by atoms with van der Waals surface area (Å²) in [4.78, 5) is 16.6. The van der Waals surface area contributed by atoms with Crippen LogP contribution in [0.4, 0.5) is 4.39 Å². The molecule has 6 nitrogen and oxygen atoms in total. The molecular formula is C18H17FN4O2. The van der Waals surface area contributed by atoms with Gasteiger partial charge in [0.2, 0.25) is 0 Å². The van der Waals surface area contributed by atoms with Gasteiger partial charge in [-0.15, -0.1) is 0 Å². The van der Waals surface area contributed by atoms with Gasteiger partial charge in [0.25, 0.3) is 5.91 Å². The van der Waals surface area contributed by atoms with Gasteiger partial charge in [0.1, 0.15) is 0 Å². The molecule has 2 aromatic heterocycles. The first kappa shape index (κ1) is 16.6. The maximum Gasteiger partial charge on any atom is 0.255 e. The van der Waals surface area contributed by atoms with Crippen LogP contribution in [0.5, 0.6) is 5.75 Å². The monoisotopic (exact) mass is 340 g/mol. The Bertz CT molecular complexity index is 848. The third-order valence-corrected chi connectivity index (χ3v) is 3.50. The van der Waals surface area contributed by atoms with Gasteiger partial charge in [-0.3, -0.25) is 4.79 Å². The molecule has 1 N–H and O–H groups in total. The molecule has 0 saturated carbocycles. The first-order valence-corrected chi connectivity index (χ1v) is 7.83. The highest BCUT2D eigenvalue weighted by Gasteiger charge is 2.16. The van der Waals surface area contributed by atoms with Crippen LogP contribution in [-0.2, 0) is 6.54 Å². The Balaban J connectivity index is 1.67. The lowest BCUT2D eigenvalue weighted by atomic mass is 10.1. The quantitative estimate of drug-likeness (QED) is 0.749. The van der Waals surface area contributed by atoms with Crippen molar-refractivity contribution in [2.24, 2.45) is 0 Å². The highest BCUT2D eigenvalue weighted by molar-refractivity contribution is 5.96. The van der Waals surface area contributed by atoms with Crippen molar-refractivity contribution in [1.82, 2.24) is 20.1 Å². The van der Waals surface area contributed by atoms with Crippen LogP contribution >= 0.6 is 0 Å². The van der Waals surface area contributed by atoms with Gasteiger partial charge in [-0.2, -0.15) is 5.10 Å². The molecule has 0 spiro atoms. The van der Waals surface area contributed by atoms with Crippen molar-refractivity contribution < 1.29 is 13.9 Å².